The Bertz CT molecular complexity index is 540. The molecule has 0 aliphatic heterocycles. The van der Waals surface area contributed by atoms with E-state index in [1.165, 1.54) is 6.08 Å². The molecule has 0 aliphatic rings. The van der Waals surface area contributed by atoms with E-state index in [0.29, 0.717) is 16.2 Å². The second-order valence-corrected chi connectivity index (χ2v) is 3.15. The molecule has 0 fully saturated rings. The first-order chi connectivity index (χ1) is 6.74. The van der Waals surface area contributed by atoms with Crippen LogP contribution in [0.5, 0.6) is 0 Å². The quantitative estimate of drug-likeness (QED) is 0.532. The number of aromatic nitrogens is 2. The van der Waals surface area contributed by atoms with E-state index in [2.05, 4.69) is 10.1 Å². The van der Waals surface area contributed by atoms with Gasteiger partial charge in [-0.1, -0.05) is 17.7 Å². The van der Waals surface area contributed by atoms with Crippen molar-refractivity contribution in [2.75, 3.05) is 0 Å². The molecule has 5 heteroatoms. The van der Waals surface area contributed by atoms with E-state index in [9.17, 15) is 4.79 Å². The Morgan fingerprint density at radius 1 is 1.57 bits per heavy atom. The van der Waals surface area contributed by atoms with Crippen molar-refractivity contribution in [1.29, 1.82) is 0 Å². The number of aliphatic imine (C=N–C) groups is 1. The molecule has 0 unspecified atom stereocenters. The fraction of sp³-hybridized carbons (Fsp3) is 0.111. The highest BCUT2D eigenvalue weighted by atomic mass is 35.5. The molecule has 2 rings (SSSR count). The first-order valence-corrected chi connectivity index (χ1v) is 4.31. The zero-order chi connectivity index (χ0) is 10.1. The average molecular weight is 208 g/mol. The highest BCUT2D eigenvalue weighted by molar-refractivity contribution is 6.35. The topological polar surface area (TPSA) is 47.2 Å². The minimum absolute atomic E-state index is 0.345. The maximum Gasteiger partial charge on any atom is 0.240 e. The molecule has 0 saturated heterocycles. The predicted octanol–water partition coefficient (Wildman–Crippen LogP) is 2.19. The van der Waals surface area contributed by atoms with Crippen LogP contribution in [-0.2, 0) is 11.8 Å². The fourth-order valence-electron chi connectivity index (χ4n) is 1.39. The molecular formula is C9H6ClN3O. The number of hydrogen-bond acceptors (Lipinski definition) is 3. The summed E-state index contributed by atoms with van der Waals surface area (Å²) in [5.41, 5.74) is 1.34. The van der Waals surface area contributed by atoms with E-state index in [1.54, 1.807) is 23.9 Å². The van der Waals surface area contributed by atoms with E-state index >= 15 is 0 Å². The molecule has 0 saturated carbocycles. The van der Waals surface area contributed by atoms with Gasteiger partial charge < -0.3 is 0 Å². The Kier molecular flexibility index (Phi) is 2.08. The van der Waals surface area contributed by atoms with E-state index < -0.39 is 0 Å². The van der Waals surface area contributed by atoms with E-state index in [4.69, 9.17) is 11.6 Å². The highest BCUT2D eigenvalue weighted by Crippen LogP contribution is 2.31. The molecule has 1 aromatic carbocycles. The van der Waals surface area contributed by atoms with Crippen molar-refractivity contribution >= 4 is 34.3 Å². The molecule has 2 aromatic rings. The monoisotopic (exact) mass is 207 g/mol. The lowest BCUT2D eigenvalue weighted by molar-refractivity contribution is 0.565. The molecular weight excluding hydrogens is 202 g/mol. The molecule has 0 amide bonds. The van der Waals surface area contributed by atoms with Crippen LogP contribution < -0.4 is 0 Å². The van der Waals surface area contributed by atoms with Gasteiger partial charge >= 0.3 is 0 Å². The Morgan fingerprint density at radius 3 is 3.07 bits per heavy atom. The maximum absolute atomic E-state index is 10.2. The van der Waals surface area contributed by atoms with Gasteiger partial charge in [-0.2, -0.15) is 10.1 Å². The number of fused-ring (bicyclic) bond motifs is 1. The summed E-state index contributed by atoms with van der Waals surface area (Å²) < 4.78 is 1.64. The summed E-state index contributed by atoms with van der Waals surface area (Å²) in [6.45, 7) is 0. The molecule has 0 spiro atoms. The van der Waals surface area contributed by atoms with Gasteiger partial charge in [0.25, 0.3) is 0 Å². The second-order valence-electron chi connectivity index (χ2n) is 2.79. The van der Waals surface area contributed by atoms with Crippen LogP contribution in [0.1, 0.15) is 0 Å². The minimum atomic E-state index is 0.345. The third-order valence-corrected chi connectivity index (χ3v) is 2.24. The lowest BCUT2D eigenvalue weighted by Gasteiger charge is -1.94. The van der Waals surface area contributed by atoms with Crippen LogP contribution in [0, 0.1) is 0 Å². The Balaban J connectivity index is 2.91. The van der Waals surface area contributed by atoms with Crippen molar-refractivity contribution in [1.82, 2.24) is 9.78 Å². The van der Waals surface area contributed by atoms with Crippen molar-refractivity contribution in [3.05, 3.63) is 23.4 Å². The van der Waals surface area contributed by atoms with Gasteiger partial charge in [0.05, 0.1) is 16.6 Å². The van der Waals surface area contributed by atoms with E-state index in [1.807, 2.05) is 6.07 Å². The normalized spacial score (nSPS) is 10.1. The third kappa shape index (κ3) is 1.21. The molecule has 0 radical (unpaired) electrons. The standard InChI is InChI=1S/C9H6ClN3O/c1-13-7-4-2-3-6(11-5-14)8(7)9(10)12-13/h2-4H,1H3. The van der Waals surface area contributed by atoms with Crippen molar-refractivity contribution in [2.45, 2.75) is 0 Å². The van der Waals surface area contributed by atoms with Gasteiger partial charge in [0.1, 0.15) is 0 Å². The number of hydrogen-bond donors (Lipinski definition) is 0. The van der Waals surface area contributed by atoms with Gasteiger partial charge in [0.2, 0.25) is 6.08 Å². The van der Waals surface area contributed by atoms with Gasteiger partial charge in [-0.05, 0) is 12.1 Å². The van der Waals surface area contributed by atoms with Crippen LogP contribution >= 0.6 is 11.6 Å². The number of halogens is 1. The summed E-state index contributed by atoms with van der Waals surface area (Å²) >= 11 is 5.90. The average Bonchev–Trinajstić information content (AvgIpc) is 2.44. The largest absolute Gasteiger partial charge is 0.266 e. The van der Waals surface area contributed by atoms with Gasteiger partial charge in [-0.3, -0.25) is 4.68 Å². The summed E-state index contributed by atoms with van der Waals surface area (Å²) in [4.78, 5) is 13.7. The van der Waals surface area contributed by atoms with Crippen LogP contribution in [0.2, 0.25) is 5.15 Å². The van der Waals surface area contributed by atoms with Crippen molar-refractivity contribution < 1.29 is 4.79 Å². The highest BCUT2D eigenvalue weighted by Gasteiger charge is 2.09. The van der Waals surface area contributed by atoms with Crippen LogP contribution in [0.4, 0.5) is 5.69 Å². The zero-order valence-corrected chi connectivity index (χ0v) is 8.12. The van der Waals surface area contributed by atoms with Gasteiger partial charge in [0.15, 0.2) is 5.15 Å². The van der Waals surface area contributed by atoms with Gasteiger partial charge in [0, 0.05) is 7.05 Å². The predicted molar refractivity (Wildman–Crippen MR) is 53.5 cm³/mol. The SMILES string of the molecule is Cn1nc(Cl)c2c(N=C=O)cccc21. The molecule has 70 valence electrons. The molecule has 14 heavy (non-hydrogen) atoms. The van der Waals surface area contributed by atoms with Crippen LogP contribution in [0.25, 0.3) is 10.9 Å². The van der Waals surface area contributed by atoms with Crippen LogP contribution in [0.15, 0.2) is 23.2 Å². The molecule has 0 atom stereocenters. The smallest absolute Gasteiger partial charge is 0.240 e. The van der Waals surface area contributed by atoms with E-state index in [-0.39, 0.29) is 0 Å². The fourth-order valence-corrected chi connectivity index (χ4v) is 1.69. The molecule has 4 nitrogen and oxygen atoms in total. The van der Waals surface area contributed by atoms with E-state index in [0.717, 1.165) is 5.52 Å². The number of benzene rings is 1. The van der Waals surface area contributed by atoms with Crippen LogP contribution in [0.3, 0.4) is 0 Å². The minimum Gasteiger partial charge on any atom is -0.266 e. The summed E-state index contributed by atoms with van der Waals surface area (Å²) in [7, 11) is 1.78. The zero-order valence-electron chi connectivity index (χ0n) is 7.36. The first kappa shape index (κ1) is 8.94. The molecule has 0 aliphatic carbocycles. The number of nitrogens with zero attached hydrogens (tertiary/aromatic N) is 3. The van der Waals surface area contributed by atoms with Gasteiger partial charge in [-0.15, -0.1) is 0 Å². The molecule has 0 bridgehead atoms. The number of isocyanates is 1. The molecule has 1 aromatic heterocycles. The van der Waals surface area contributed by atoms with Crippen LogP contribution in [-0.4, -0.2) is 15.9 Å². The van der Waals surface area contributed by atoms with Crippen molar-refractivity contribution in [3.8, 4) is 0 Å². The third-order valence-electron chi connectivity index (χ3n) is 1.98. The Labute approximate surface area is 84.8 Å². The Hall–Kier alpha value is -1.64. The lowest BCUT2D eigenvalue weighted by atomic mass is 10.2. The summed E-state index contributed by atoms with van der Waals surface area (Å²) in [6.07, 6.45) is 1.49. The lowest BCUT2D eigenvalue weighted by Crippen LogP contribution is -1.87. The summed E-state index contributed by atoms with van der Waals surface area (Å²) in [6, 6.07) is 5.34. The second kappa shape index (κ2) is 3.25. The van der Waals surface area contributed by atoms with Crippen molar-refractivity contribution in [2.24, 2.45) is 12.0 Å². The van der Waals surface area contributed by atoms with Gasteiger partial charge in [-0.25, -0.2) is 4.79 Å². The molecule has 1 heterocycles. The number of carbonyl (C=O) groups excluding carboxylic acids is 1. The molecule has 0 N–H and O–H groups in total. The maximum atomic E-state index is 10.2. The number of rotatable bonds is 1. The summed E-state index contributed by atoms with van der Waals surface area (Å²) in [5, 5.41) is 5.05. The van der Waals surface area contributed by atoms with Crippen molar-refractivity contribution in [3.63, 3.8) is 0 Å². The summed E-state index contributed by atoms with van der Waals surface area (Å²) in [5.74, 6) is 0. The first-order valence-electron chi connectivity index (χ1n) is 3.93. The number of aryl methyl sites for hydroxylation is 1. The Morgan fingerprint density at radius 2 is 2.36 bits per heavy atom.